The van der Waals surface area contributed by atoms with E-state index in [1.54, 1.807) is 0 Å². The standard InChI is InChI=1S/C13H8O6/c14-4-1-5(15)11-7(17)3-9(19)12-8(18)2-6(16)10(4)13(11)12/h1-3,14-18H. The third-order valence-corrected chi connectivity index (χ3v) is 3.09. The number of hydrogen-bond donors (Lipinski definition) is 5. The summed E-state index contributed by atoms with van der Waals surface area (Å²) >= 11 is 0. The molecule has 0 fully saturated rings. The van der Waals surface area contributed by atoms with E-state index in [0.717, 1.165) is 18.2 Å². The molecule has 2 aromatic rings. The summed E-state index contributed by atoms with van der Waals surface area (Å²) in [6, 6.07) is 1.87. The molecule has 0 saturated carbocycles. The second kappa shape index (κ2) is 3.32. The second-order valence-electron chi connectivity index (χ2n) is 4.22. The van der Waals surface area contributed by atoms with Gasteiger partial charge in [-0.2, -0.15) is 0 Å². The minimum absolute atomic E-state index is 0.0833. The van der Waals surface area contributed by atoms with Crippen LogP contribution in [0.4, 0.5) is 0 Å². The molecule has 0 aromatic heterocycles. The highest BCUT2D eigenvalue weighted by atomic mass is 16.3. The topological polar surface area (TPSA) is 118 Å². The number of hydrogen-bond acceptors (Lipinski definition) is 6. The molecule has 5 N–H and O–H groups in total. The molecular formula is C13H8O6. The molecule has 0 aliphatic heterocycles. The number of ketones is 1. The summed E-state index contributed by atoms with van der Waals surface area (Å²) in [6.45, 7) is 0. The molecule has 0 unspecified atom stereocenters. The molecule has 0 saturated heterocycles. The quantitative estimate of drug-likeness (QED) is 0.492. The zero-order valence-corrected chi connectivity index (χ0v) is 9.38. The van der Waals surface area contributed by atoms with Crippen LogP contribution < -0.4 is 0 Å². The first kappa shape index (κ1) is 11.2. The summed E-state index contributed by atoms with van der Waals surface area (Å²) in [5.74, 6) is -3.06. The van der Waals surface area contributed by atoms with Gasteiger partial charge in [0.15, 0.2) is 5.78 Å². The van der Waals surface area contributed by atoms with E-state index in [1.807, 2.05) is 0 Å². The van der Waals surface area contributed by atoms with Crippen molar-refractivity contribution in [2.45, 2.75) is 0 Å². The van der Waals surface area contributed by atoms with E-state index in [4.69, 9.17) is 0 Å². The molecule has 6 heteroatoms. The zero-order chi connectivity index (χ0) is 13.9. The fourth-order valence-corrected chi connectivity index (χ4v) is 2.34. The Balaban J connectivity index is 2.69. The van der Waals surface area contributed by atoms with Gasteiger partial charge in [-0.05, 0) is 0 Å². The van der Waals surface area contributed by atoms with E-state index in [-0.39, 0.29) is 21.9 Å². The van der Waals surface area contributed by atoms with Gasteiger partial charge in [0.05, 0.1) is 16.5 Å². The molecule has 96 valence electrons. The molecule has 0 spiro atoms. The monoisotopic (exact) mass is 260 g/mol. The summed E-state index contributed by atoms with van der Waals surface area (Å²) in [7, 11) is 0. The summed E-state index contributed by atoms with van der Waals surface area (Å²) in [5, 5.41) is 48.5. The van der Waals surface area contributed by atoms with Crippen molar-refractivity contribution < 1.29 is 30.3 Å². The average molecular weight is 260 g/mol. The first-order valence-electron chi connectivity index (χ1n) is 5.30. The van der Waals surface area contributed by atoms with Crippen LogP contribution in [0.5, 0.6) is 23.0 Å². The number of aliphatic hydroxyl groups is 1. The Morgan fingerprint density at radius 1 is 0.684 bits per heavy atom. The average Bonchev–Trinajstić information content (AvgIpc) is 2.25. The Bertz CT molecular complexity index is 780. The number of aromatic hydroxyl groups is 4. The number of phenols is 4. The molecule has 0 amide bonds. The van der Waals surface area contributed by atoms with Gasteiger partial charge in [-0.1, -0.05) is 0 Å². The lowest BCUT2D eigenvalue weighted by molar-refractivity contribution is 0.104. The van der Waals surface area contributed by atoms with E-state index >= 15 is 0 Å². The summed E-state index contributed by atoms with van der Waals surface area (Å²) in [6.07, 6.45) is 0.852. The van der Waals surface area contributed by atoms with Crippen LogP contribution in [0.25, 0.3) is 16.5 Å². The highest BCUT2D eigenvalue weighted by Gasteiger charge is 2.29. The largest absolute Gasteiger partial charge is 0.507 e. The third-order valence-electron chi connectivity index (χ3n) is 3.09. The fraction of sp³-hybridized carbons (Fsp3) is 0. The van der Waals surface area contributed by atoms with Crippen molar-refractivity contribution in [3.05, 3.63) is 29.3 Å². The van der Waals surface area contributed by atoms with Crippen molar-refractivity contribution in [2.24, 2.45) is 0 Å². The van der Waals surface area contributed by atoms with Gasteiger partial charge in [0, 0.05) is 23.6 Å². The first-order valence-corrected chi connectivity index (χ1v) is 5.30. The van der Waals surface area contributed by atoms with Gasteiger partial charge in [0.1, 0.15) is 28.8 Å². The van der Waals surface area contributed by atoms with Crippen molar-refractivity contribution in [1.82, 2.24) is 0 Å². The molecular weight excluding hydrogens is 252 g/mol. The van der Waals surface area contributed by atoms with Crippen LogP contribution in [0.2, 0.25) is 0 Å². The second-order valence-corrected chi connectivity index (χ2v) is 4.22. The van der Waals surface area contributed by atoms with E-state index in [0.29, 0.717) is 0 Å². The maximum absolute atomic E-state index is 11.8. The summed E-state index contributed by atoms with van der Waals surface area (Å²) in [4.78, 5) is 11.8. The number of aliphatic hydroxyl groups excluding tert-OH is 1. The van der Waals surface area contributed by atoms with Gasteiger partial charge < -0.3 is 25.5 Å². The molecule has 6 nitrogen and oxygen atoms in total. The van der Waals surface area contributed by atoms with E-state index in [2.05, 4.69) is 0 Å². The van der Waals surface area contributed by atoms with Crippen molar-refractivity contribution in [1.29, 1.82) is 0 Å². The van der Waals surface area contributed by atoms with Gasteiger partial charge in [-0.25, -0.2) is 0 Å². The van der Waals surface area contributed by atoms with Gasteiger partial charge in [-0.15, -0.1) is 0 Å². The number of benzene rings is 2. The van der Waals surface area contributed by atoms with Gasteiger partial charge >= 0.3 is 0 Å². The Morgan fingerprint density at radius 3 is 1.79 bits per heavy atom. The van der Waals surface area contributed by atoms with Crippen LogP contribution in [0, 0.1) is 0 Å². The van der Waals surface area contributed by atoms with E-state index in [1.165, 1.54) is 0 Å². The van der Waals surface area contributed by atoms with Crippen LogP contribution in [0.3, 0.4) is 0 Å². The summed E-state index contributed by atoms with van der Waals surface area (Å²) < 4.78 is 0. The maximum Gasteiger partial charge on any atom is 0.193 e. The number of rotatable bonds is 0. The normalized spacial score (nSPS) is 13.7. The first-order chi connectivity index (χ1) is 8.91. The molecule has 2 aromatic carbocycles. The molecule has 0 bridgehead atoms. The highest BCUT2D eigenvalue weighted by molar-refractivity contribution is 6.24. The lowest BCUT2D eigenvalue weighted by Crippen LogP contribution is -2.06. The van der Waals surface area contributed by atoms with Crippen molar-refractivity contribution in [2.75, 3.05) is 0 Å². The van der Waals surface area contributed by atoms with Crippen LogP contribution in [-0.4, -0.2) is 31.3 Å². The Labute approximate surface area is 106 Å². The number of carbonyl (C=O) groups excluding carboxylic acids is 1. The Hall–Kier alpha value is -2.89. The molecule has 0 heterocycles. The van der Waals surface area contributed by atoms with Gasteiger partial charge in [0.2, 0.25) is 0 Å². The Morgan fingerprint density at radius 2 is 1.21 bits per heavy atom. The summed E-state index contributed by atoms with van der Waals surface area (Å²) in [5.41, 5.74) is -0.305. The predicted molar refractivity (Wildman–Crippen MR) is 65.5 cm³/mol. The number of carbonyl (C=O) groups is 1. The number of allylic oxidation sites excluding steroid dienone is 1. The molecule has 0 radical (unpaired) electrons. The third kappa shape index (κ3) is 1.28. The lowest BCUT2D eigenvalue weighted by Gasteiger charge is -2.18. The van der Waals surface area contributed by atoms with Crippen LogP contribution >= 0.6 is 0 Å². The smallest absolute Gasteiger partial charge is 0.193 e. The SMILES string of the molecule is O=C1C=C(O)c2c(O)cc(O)c3c(O)cc(O)c1c23. The maximum atomic E-state index is 11.8. The molecule has 19 heavy (non-hydrogen) atoms. The Kier molecular flexibility index (Phi) is 1.96. The molecule has 0 atom stereocenters. The van der Waals surface area contributed by atoms with Gasteiger partial charge in [0.25, 0.3) is 0 Å². The fourth-order valence-electron chi connectivity index (χ4n) is 2.34. The van der Waals surface area contributed by atoms with Crippen molar-refractivity contribution >= 4 is 22.3 Å². The van der Waals surface area contributed by atoms with Crippen molar-refractivity contribution in [3.8, 4) is 23.0 Å². The predicted octanol–water partition coefficient (Wildman–Crippen LogP) is 1.76. The molecule has 1 aliphatic carbocycles. The van der Waals surface area contributed by atoms with Gasteiger partial charge in [-0.3, -0.25) is 4.79 Å². The van der Waals surface area contributed by atoms with E-state index < -0.39 is 34.5 Å². The zero-order valence-electron chi connectivity index (χ0n) is 9.38. The van der Waals surface area contributed by atoms with Crippen LogP contribution in [0.15, 0.2) is 18.2 Å². The molecule has 1 aliphatic rings. The molecule has 3 rings (SSSR count). The highest BCUT2D eigenvalue weighted by Crippen LogP contribution is 2.48. The number of phenolic OH excluding ortho intramolecular Hbond substituents is 4. The minimum atomic E-state index is -0.683. The minimum Gasteiger partial charge on any atom is -0.507 e. The van der Waals surface area contributed by atoms with Crippen LogP contribution in [0.1, 0.15) is 15.9 Å². The van der Waals surface area contributed by atoms with E-state index in [9.17, 15) is 30.3 Å². The van der Waals surface area contributed by atoms with Crippen molar-refractivity contribution in [3.63, 3.8) is 0 Å². The lowest BCUT2D eigenvalue weighted by atomic mass is 9.89. The van der Waals surface area contributed by atoms with Crippen LogP contribution in [-0.2, 0) is 0 Å².